The average Bonchev–Trinajstić information content (AvgIpc) is 3.98. The molecular weight excluding hydrogens is 857 g/mol. The molecule has 0 spiro atoms. The molecule has 3 heterocycles. The largest absolute Gasteiger partial charge is 0.309 e. The van der Waals surface area contributed by atoms with Gasteiger partial charge in [-0.1, -0.05) is 207 Å². The van der Waals surface area contributed by atoms with Gasteiger partial charge in [0.25, 0.3) is 0 Å². The Balaban J connectivity index is 1.13. The van der Waals surface area contributed by atoms with Crippen molar-refractivity contribution in [3.63, 3.8) is 0 Å². The molecule has 5 heteroatoms. The lowest BCUT2D eigenvalue weighted by molar-refractivity contribution is 1.07. The highest BCUT2D eigenvalue weighted by molar-refractivity contribution is 7.26. The smallest absolute Gasteiger partial charge is 0.164 e. The molecule has 0 aliphatic rings. The van der Waals surface area contributed by atoms with Crippen molar-refractivity contribution in [3.05, 3.63) is 249 Å². The van der Waals surface area contributed by atoms with Crippen LogP contribution in [0.1, 0.15) is 12.5 Å². The monoisotopic (exact) mass is 900 g/mol. The first-order chi connectivity index (χ1) is 34.1. The van der Waals surface area contributed by atoms with Gasteiger partial charge in [0.05, 0.1) is 11.0 Å². The molecule has 326 valence electrons. The van der Waals surface area contributed by atoms with Crippen LogP contribution in [0.2, 0.25) is 0 Å². The minimum Gasteiger partial charge on any atom is -0.309 e. The summed E-state index contributed by atoms with van der Waals surface area (Å²) in [4.78, 5) is 15.8. The molecule has 0 fully saturated rings. The highest BCUT2D eigenvalue weighted by Crippen LogP contribution is 2.48. The van der Waals surface area contributed by atoms with Gasteiger partial charge in [-0.05, 0) is 82.3 Å². The number of para-hydroxylation sites is 2. The van der Waals surface area contributed by atoms with Gasteiger partial charge < -0.3 is 4.57 Å². The number of thiophene rings is 1. The summed E-state index contributed by atoms with van der Waals surface area (Å²) in [6, 6.07) is 75.5. The van der Waals surface area contributed by atoms with Crippen LogP contribution in [0.5, 0.6) is 0 Å². The van der Waals surface area contributed by atoms with E-state index in [4.69, 9.17) is 15.0 Å². The van der Waals surface area contributed by atoms with Gasteiger partial charge in [0.2, 0.25) is 0 Å². The summed E-state index contributed by atoms with van der Waals surface area (Å²) < 4.78 is 4.88. The van der Waals surface area contributed by atoms with Crippen LogP contribution in [0.4, 0.5) is 0 Å². The topological polar surface area (TPSA) is 43.6 Å². The van der Waals surface area contributed by atoms with Crippen LogP contribution in [0.15, 0.2) is 243 Å². The lowest BCUT2D eigenvalue weighted by Crippen LogP contribution is -2.01. The molecule has 0 unspecified atom stereocenters. The number of aromatic nitrogens is 4. The molecule has 0 bridgehead atoms. The Morgan fingerprint density at radius 1 is 0.478 bits per heavy atom. The van der Waals surface area contributed by atoms with Crippen molar-refractivity contribution in [1.29, 1.82) is 0 Å². The Morgan fingerprint density at radius 3 is 1.75 bits per heavy atom. The lowest BCUT2D eigenvalue weighted by Gasteiger charge is -2.17. The van der Waals surface area contributed by atoms with Crippen LogP contribution in [0.3, 0.4) is 0 Å². The summed E-state index contributed by atoms with van der Waals surface area (Å²) >= 11 is 1.84. The van der Waals surface area contributed by atoms with Gasteiger partial charge in [-0.15, -0.1) is 11.3 Å². The number of hydrogen-bond donors (Lipinski definition) is 0. The molecule has 69 heavy (non-hydrogen) atoms. The Morgan fingerprint density at radius 2 is 1.07 bits per heavy atom. The van der Waals surface area contributed by atoms with Gasteiger partial charge in [-0.3, -0.25) is 0 Å². The third kappa shape index (κ3) is 7.46. The normalized spacial score (nSPS) is 11.9. The van der Waals surface area contributed by atoms with Crippen molar-refractivity contribution >= 4 is 58.9 Å². The number of fused-ring (bicyclic) bond motifs is 7. The highest BCUT2D eigenvalue weighted by Gasteiger charge is 2.23. The Bertz CT molecular complexity index is 3900. The molecule has 0 atom stereocenters. The van der Waals surface area contributed by atoms with Crippen molar-refractivity contribution in [2.75, 3.05) is 0 Å². The minimum absolute atomic E-state index is 0.605. The number of allylic oxidation sites excluding steroid dienone is 5. The fraction of sp³-hybridized carbons (Fsp3) is 0.0156. The maximum Gasteiger partial charge on any atom is 0.164 e. The molecule has 0 amide bonds. The predicted octanol–water partition coefficient (Wildman–Crippen LogP) is 17.5. The third-order valence-corrected chi connectivity index (χ3v) is 14.2. The van der Waals surface area contributed by atoms with Gasteiger partial charge in [-0.2, -0.15) is 0 Å². The van der Waals surface area contributed by atoms with E-state index in [2.05, 4.69) is 206 Å². The maximum atomic E-state index is 5.35. The Kier molecular flexibility index (Phi) is 10.7. The molecule has 0 saturated heterocycles. The first-order valence-corrected chi connectivity index (χ1v) is 24.1. The minimum atomic E-state index is 0.605. The molecule has 0 saturated carbocycles. The summed E-state index contributed by atoms with van der Waals surface area (Å²) in [7, 11) is 0. The van der Waals surface area contributed by atoms with Crippen molar-refractivity contribution in [2.24, 2.45) is 0 Å². The first-order valence-electron chi connectivity index (χ1n) is 23.3. The summed E-state index contributed by atoms with van der Waals surface area (Å²) in [6.45, 7) is 6.06. The lowest BCUT2D eigenvalue weighted by atomic mass is 9.89. The average molecular weight is 901 g/mol. The molecule has 9 aromatic carbocycles. The van der Waals surface area contributed by atoms with Crippen molar-refractivity contribution in [2.45, 2.75) is 6.92 Å². The molecule has 0 aliphatic heterocycles. The second kappa shape index (κ2) is 17.8. The molecule has 12 aromatic rings. The second-order valence-electron chi connectivity index (χ2n) is 17.1. The third-order valence-electron chi connectivity index (χ3n) is 13.0. The van der Waals surface area contributed by atoms with Gasteiger partial charge in [0, 0.05) is 58.9 Å². The molecule has 0 N–H and O–H groups in total. The van der Waals surface area contributed by atoms with E-state index >= 15 is 0 Å². The second-order valence-corrected chi connectivity index (χ2v) is 18.1. The standard InChI is InChI=1S/C64H44N4S/c1-3-5-21-42(4-2)55-40-46(34-36-49(55)43-22-10-6-11-23-43)47-35-37-50(56(41-47)64-66-62(44-24-12-7-13-25-44)65-63(67-64)45-26-14-8-15-27-45)53-31-20-32-54-59-58(69-61(53)54)39-38-52-51-30-18-19-33-57(51)68(60(52)59)48-28-16-9-17-29-48/h3-41H,1H2,2H3/b21-5-,42-4+. The number of rotatable bonds is 10. The van der Waals surface area contributed by atoms with Crippen LogP contribution in [-0.2, 0) is 0 Å². The van der Waals surface area contributed by atoms with Crippen molar-refractivity contribution < 1.29 is 0 Å². The zero-order valence-electron chi connectivity index (χ0n) is 37.9. The Labute approximate surface area is 405 Å². The van der Waals surface area contributed by atoms with Crippen LogP contribution in [0, 0.1) is 0 Å². The zero-order valence-corrected chi connectivity index (χ0v) is 38.7. The highest BCUT2D eigenvalue weighted by atomic mass is 32.1. The summed E-state index contributed by atoms with van der Waals surface area (Å²) in [5, 5.41) is 4.94. The van der Waals surface area contributed by atoms with E-state index in [1.54, 1.807) is 0 Å². The van der Waals surface area contributed by atoms with E-state index in [1.165, 1.54) is 42.0 Å². The van der Waals surface area contributed by atoms with Crippen LogP contribution in [-0.4, -0.2) is 19.5 Å². The van der Waals surface area contributed by atoms with E-state index < -0.39 is 0 Å². The van der Waals surface area contributed by atoms with E-state index in [0.29, 0.717) is 17.5 Å². The van der Waals surface area contributed by atoms with E-state index in [9.17, 15) is 0 Å². The molecule has 3 aromatic heterocycles. The van der Waals surface area contributed by atoms with E-state index in [0.717, 1.165) is 66.9 Å². The summed E-state index contributed by atoms with van der Waals surface area (Å²) in [5.74, 6) is 1.84. The molecule has 12 rings (SSSR count). The van der Waals surface area contributed by atoms with Crippen molar-refractivity contribution in [1.82, 2.24) is 19.5 Å². The Hall–Kier alpha value is -8.77. The van der Waals surface area contributed by atoms with Crippen molar-refractivity contribution in [3.8, 4) is 73.2 Å². The fourth-order valence-corrected chi connectivity index (χ4v) is 11.0. The number of nitrogens with zero attached hydrogens (tertiary/aromatic N) is 4. The predicted molar refractivity (Wildman–Crippen MR) is 293 cm³/mol. The molecular formula is C64H44N4S. The van der Waals surface area contributed by atoms with E-state index in [1.807, 2.05) is 59.9 Å². The van der Waals surface area contributed by atoms with Gasteiger partial charge in [0.1, 0.15) is 0 Å². The number of benzene rings is 9. The molecule has 4 nitrogen and oxygen atoms in total. The molecule has 0 radical (unpaired) electrons. The molecule has 0 aliphatic carbocycles. The zero-order chi connectivity index (χ0) is 46.3. The summed E-state index contributed by atoms with van der Waals surface area (Å²) in [5.41, 5.74) is 15.2. The van der Waals surface area contributed by atoms with Gasteiger partial charge >= 0.3 is 0 Å². The summed E-state index contributed by atoms with van der Waals surface area (Å²) in [6.07, 6.45) is 8.12. The maximum absolute atomic E-state index is 5.35. The quantitative estimate of drug-likeness (QED) is 0.128. The van der Waals surface area contributed by atoms with Crippen LogP contribution >= 0.6 is 11.3 Å². The van der Waals surface area contributed by atoms with E-state index in [-0.39, 0.29) is 0 Å². The van der Waals surface area contributed by atoms with Gasteiger partial charge in [-0.25, -0.2) is 15.0 Å². The van der Waals surface area contributed by atoms with Crippen LogP contribution in [0.25, 0.3) is 121 Å². The van der Waals surface area contributed by atoms with Crippen LogP contribution < -0.4 is 0 Å². The van der Waals surface area contributed by atoms with Gasteiger partial charge in [0.15, 0.2) is 17.5 Å². The SMILES string of the molecule is C=C/C=C\C(=C/C)c1cc(-c2ccc(-c3cccc4c3sc3ccc5c6ccccc6n(-c6ccccc6)c5c34)c(-c3nc(-c4ccccc4)nc(-c4ccccc4)n3)c2)ccc1-c1ccccc1. The number of hydrogen-bond acceptors (Lipinski definition) is 4. The first kappa shape index (κ1) is 41.6. The fourth-order valence-electron chi connectivity index (χ4n) is 9.81.